The van der Waals surface area contributed by atoms with Crippen LogP contribution in [0, 0.1) is 0 Å². The second-order valence-electron chi connectivity index (χ2n) is 8.13. The maximum atomic E-state index is 6.04. The molecule has 0 unspecified atom stereocenters. The number of ether oxygens (including phenoxy) is 1. The third-order valence-corrected chi connectivity index (χ3v) is 5.63. The Morgan fingerprint density at radius 1 is 0.731 bits per heavy atom. The van der Waals surface area contributed by atoms with Gasteiger partial charge < -0.3 is 4.74 Å². The molecule has 0 aromatic rings. The molecule has 0 aliphatic rings. The monoisotopic (exact) mass is 422 g/mol. The number of hydrogen-bond donors (Lipinski definition) is 0. The minimum absolute atomic E-state index is 0.390. The van der Waals surface area contributed by atoms with Gasteiger partial charge in [0.15, 0.2) is 0 Å². The lowest BCUT2D eigenvalue weighted by Gasteiger charge is -2.12. The fourth-order valence-corrected chi connectivity index (χ4v) is 3.80. The summed E-state index contributed by atoms with van der Waals surface area (Å²) < 4.78 is 5.13. The molecular weight excluding hydrogens is 379 g/mol. The van der Waals surface area contributed by atoms with Crippen molar-refractivity contribution in [1.29, 1.82) is 0 Å². The number of halogens is 2. The average Bonchev–Trinajstić information content (AvgIpc) is 2.55. The molecule has 26 heavy (non-hydrogen) atoms. The highest BCUT2D eigenvalue weighted by Crippen LogP contribution is 2.24. The second-order valence-corrected chi connectivity index (χ2v) is 13.0. The summed E-state index contributed by atoms with van der Waals surface area (Å²) in [6.07, 6.45) is 21.4. The predicted molar refractivity (Wildman–Crippen MR) is 124 cm³/mol. The first-order valence-corrected chi connectivity index (χ1v) is 12.8. The van der Waals surface area contributed by atoms with E-state index in [4.69, 9.17) is 27.9 Å². The van der Waals surface area contributed by atoms with E-state index < -0.39 is 0 Å². The van der Waals surface area contributed by atoms with Crippen LogP contribution in [0.5, 0.6) is 0 Å². The molecule has 0 heterocycles. The Balaban J connectivity index is 3.04. The molecule has 0 amide bonds. The van der Waals surface area contributed by atoms with Gasteiger partial charge in [0.2, 0.25) is 0 Å². The quantitative estimate of drug-likeness (QED) is 0.0863. The van der Waals surface area contributed by atoms with Crippen molar-refractivity contribution >= 4 is 33.4 Å². The third-order valence-electron chi connectivity index (χ3n) is 4.75. The van der Waals surface area contributed by atoms with Crippen LogP contribution >= 0.6 is 23.2 Å². The molecule has 156 valence electrons. The number of rotatable bonds is 20. The average molecular weight is 424 g/mol. The van der Waals surface area contributed by atoms with Gasteiger partial charge in [-0.3, -0.25) is 0 Å². The summed E-state index contributed by atoms with van der Waals surface area (Å²) >= 11 is 12.1. The Kier molecular flexibility index (Phi) is 19.2. The van der Waals surface area contributed by atoms with E-state index in [2.05, 4.69) is 6.58 Å². The van der Waals surface area contributed by atoms with Crippen molar-refractivity contribution in [1.82, 2.24) is 0 Å². The van der Waals surface area contributed by atoms with Gasteiger partial charge >= 0.3 is 0 Å². The summed E-state index contributed by atoms with van der Waals surface area (Å²) in [5, 5.41) is 0. The SMILES string of the molecule is C=C(C)COCCCCCCCCCCCCCCCCCC([SiH3])(Cl)Cl. The van der Waals surface area contributed by atoms with Crippen LogP contribution in [0.3, 0.4) is 0 Å². The molecule has 0 aromatic carbocycles. The first kappa shape index (κ1) is 26.5. The molecule has 1 nitrogen and oxygen atoms in total. The second kappa shape index (κ2) is 18.8. The van der Waals surface area contributed by atoms with Crippen LogP contribution in [0.2, 0.25) is 0 Å². The van der Waals surface area contributed by atoms with Crippen molar-refractivity contribution < 1.29 is 4.74 Å². The van der Waals surface area contributed by atoms with Crippen LogP contribution in [0.25, 0.3) is 0 Å². The Hall–Kier alpha value is 0.497. The van der Waals surface area contributed by atoms with E-state index in [0.29, 0.717) is 0 Å². The summed E-state index contributed by atoms with van der Waals surface area (Å²) in [5.41, 5.74) is 1.12. The van der Waals surface area contributed by atoms with Gasteiger partial charge in [-0.25, -0.2) is 0 Å². The lowest BCUT2D eigenvalue weighted by atomic mass is 10.0. The zero-order valence-electron chi connectivity index (χ0n) is 17.6. The highest BCUT2D eigenvalue weighted by Gasteiger charge is 2.14. The van der Waals surface area contributed by atoms with E-state index in [9.17, 15) is 0 Å². The van der Waals surface area contributed by atoms with Crippen molar-refractivity contribution in [3.63, 3.8) is 0 Å². The normalized spacial score (nSPS) is 12.0. The van der Waals surface area contributed by atoms with E-state index in [-0.39, 0.29) is 3.96 Å². The largest absolute Gasteiger partial charge is 0.377 e. The molecule has 0 bridgehead atoms. The summed E-state index contributed by atoms with van der Waals surface area (Å²) in [7, 11) is 0.872. The lowest BCUT2D eigenvalue weighted by Crippen LogP contribution is -2.11. The van der Waals surface area contributed by atoms with E-state index in [0.717, 1.165) is 35.5 Å². The maximum absolute atomic E-state index is 6.04. The summed E-state index contributed by atoms with van der Waals surface area (Å²) in [6, 6.07) is 0. The molecule has 0 aromatic heterocycles. The van der Waals surface area contributed by atoms with E-state index >= 15 is 0 Å². The first-order chi connectivity index (χ1) is 12.4. The van der Waals surface area contributed by atoms with Crippen LogP contribution in [0.1, 0.15) is 110 Å². The van der Waals surface area contributed by atoms with Crippen molar-refractivity contribution in [2.24, 2.45) is 0 Å². The van der Waals surface area contributed by atoms with Crippen LogP contribution in [-0.2, 0) is 4.74 Å². The van der Waals surface area contributed by atoms with Gasteiger partial charge in [-0.05, 0) is 19.8 Å². The van der Waals surface area contributed by atoms with Gasteiger partial charge in [0.25, 0.3) is 0 Å². The van der Waals surface area contributed by atoms with Gasteiger partial charge in [-0.2, -0.15) is 0 Å². The van der Waals surface area contributed by atoms with Crippen LogP contribution < -0.4 is 0 Å². The fraction of sp³-hybridized carbons (Fsp3) is 0.909. The van der Waals surface area contributed by atoms with Crippen molar-refractivity contribution in [3.8, 4) is 0 Å². The summed E-state index contributed by atoms with van der Waals surface area (Å²) in [6.45, 7) is 7.48. The molecule has 0 spiro atoms. The van der Waals surface area contributed by atoms with E-state index in [1.165, 1.54) is 96.3 Å². The van der Waals surface area contributed by atoms with Crippen molar-refractivity contribution in [2.45, 2.75) is 114 Å². The highest BCUT2D eigenvalue weighted by atomic mass is 35.5. The number of unbranched alkanes of at least 4 members (excludes halogenated alkanes) is 14. The minimum Gasteiger partial charge on any atom is -0.377 e. The number of alkyl halides is 2. The minimum atomic E-state index is -0.390. The topological polar surface area (TPSA) is 9.23 Å². The Morgan fingerprint density at radius 3 is 1.42 bits per heavy atom. The molecule has 0 N–H and O–H groups in total. The first-order valence-electron chi connectivity index (χ1n) is 11.0. The number of hydrogen-bond acceptors (Lipinski definition) is 1. The summed E-state index contributed by atoms with van der Waals surface area (Å²) in [4.78, 5) is 0. The zero-order valence-corrected chi connectivity index (χ0v) is 21.1. The van der Waals surface area contributed by atoms with Crippen LogP contribution in [0.4, 0.5) is 0 Å². The van der Waals surface area contributed by atoms with Crippen LogP contribution in [-0.4, -0.2) is 27.4 Å². The van der Waals surface area contributed by atoms with Gasteiger partial charge in [0.1, 0.15) is 0 Å². The lowest BCUT2D eigenvalue weighted by molar-refractivity contribution is 0.151. The molecule has 0 aliphatic carbocycles. The van der Waals surface area contributed by atoms with Gasteiger partial charge in [0.05, 0.1) is 10.6 Å². The molecule has 0 rings (SSSR count). The van der Waals surface area contributed by atoms with E-state index in [1.54, 1.807) is 0 Å². The third kappa shape index (κ3) is 24.5. The van der Waals surface area contributed by atoms with Crippen molar-refractivity contribution in [2.75, 3.05) is 13.2 Å². The van der Waals surface area contributed by atoms with Crippen LogP contribution in [0.15, 0.2) is 12.2 Å². The maximum Gasteiger partial charge on any atom is 0.0972 e. The molecule has 0 saturated heterocycles. The highest BCUT2D eigenvalue weighted by molar-refractivity contribution is 6.65. The molecule has 0 radical (unpaired) electrons. The van der Waals surface area contributed by atoms with Crippen molar-refractivity contribution in [3.05, 3.63) is 12.2 Å². The molecular formula is C22H44Cl2OSi. The van der Waals surface area contributed by atoms with Gasteiger partial charge in [-0.1, -0.05) is 102 Å². The fourth-order valence-electron chi connectivity index (χ4n) is 3.18. The predicted octanol–water partition coefficient (Wildman–Crippen LogP) is 7.32. The Morgan fingerprint density at radius 2 is 1.08 bits per heavy atom. The summed E-state index contributed by atoms with van der Waals surface area (Å²) in [5.74, 6) is 0. The Bertz CT molecular complexity index is 316. The zero-order chi connectivity index (χ0) is 19.5. The van der Waals surface area contributed by atoms with E-state index in [1.807, 2.05) is 6.92 Å². The molecule has 0 atom stereocenters. The molecule has 0 saturated carbocycles. The van der Waals surface area contributed by atoms with Gasteiger partial charge in [0, 0.05) is 16.8 Å². The molecule has 0 aliphatic heterocycles. The molecule has 4 heteroatoms. The molecule has 0 fully saturated rings. The van der Waals surface area contributed by atoms with Gasteiger partial charge in [-0.15, -0.1) is 23.2 Å². The Labute approximate surface area is 177 Å². The standard InChI is InChI=1S/C22H44Cl2OSi/c1-21(2)20-25-19-17-15-13-11-9-7-5-3-4-6-8-10-12-14-16-18-22(23,24)26/h1,3-20H2,2,26H3. The smallest absolute Gasteiger partial charge is 0.0972 e.